The minimum atomic E-state index is -0.652. The van der Waals surface area contributed by atoms with Crippen LogP contribution < -0.4 is 5.73 Å². The summed E-state index contributed by atoms with van der Waals surface area (Å²) in [7, 11) is 0. The molecular formula is C7H11NO2. The van der Waals surface area contributed by atoms with Gasteiger partial charge < -0.3 is 10.8 Å². The summed E-state index contributed by atoms with van der Waals surface area (Å²) in [6.45, 7) is 0. The van der Waals surface area contributed by atoms with Crippen molar-refractivity contribution in [2.45, 2.75) is 18.9 Å². The molecule has 0 saturated heterocycles. The Bertz CT molecular complexity index is 180. The first kappa shape index (κ1) is 6.16. The van der Waals surface area contributed by atoms with E-state index in [2.05, 4.69) is 0 Å². The Morgan fingerprint density at radius 3 is 2.50 bits per heavy atom. The van der Waals surface area contributed by atoms with Crippen molar-refractivity contribution in [3.63, 3.8) is 0 Å². The van der Waals surface area contributed by atoms with Crippen LogP contribution in [0.2, 0.25) is 0 Å². The molecule has 0 aliphatic heterocycles. The number of carboxylic acids is 1. The third-order valence-corrected chi connectivity index (χ3v) is 2.89. The molecule has 0 aromatic carbocycles. The van der Waals surface area contributed by atoms with E-state index in [9.17, 15) is 4.79 Å². The van der Waals surface area contributed by atoms with Crippen LogP contribution in [0.1, 0.15) is 12.8 Å². The highest BCUT2D eigenvalue weighted by molar-refractivity contribution is 5.72. The molecule has 2 aliphatic rings. The van der Waals surface area contributed by atoms with E-state index in [0.717, 1.165) is 12.8 Å². The molecule has 0 bridgehead atoms. The molecule has 2 aliphatic carbocycles. The molecule has 10 heavy (non-hydrogen) atoms. The second-order valence-electron chi connectivity index (χ2n) is 3.34. The highest BCUT2D eigenvalue weighted by atomic mass is 16.4. The summed E-state index contributed by atoms with van der Waals surface area (Å²) in [4.78, 5) is 10.5. The zero-order chi connectivity index (χ0) is 7.30. The number of aliphatic carboxylic acids is 1. The molecule has 0 amide bonds. The van der Waals surface area contributed by atoms with Gasteiger partial charge in [0.15, 0.2) is 0 Å². The smallest absolute Gasteiger partial charge is 0.306 e. The number of hydrogen-bond donors (Lipinski definition) is 2. The van der Waals surface area contributed by atoms with Gasteiger partial charge in [0, 0.05) is 6.04 Å². The van der Waals surface area contributed by atoms with E-state index in [-0.39, 0.29) is 12.0 Å². The van der Waals surface area contributed by atoms with Crippen LogP contribution in [0.4, 0.5) is 0 Å². The van der Waals surface area contributed by atoms with Gasteiger partial charge >= 0.3 is 5.97 Å². The SMILES string of the molecule is N[C@@H]1[C@H]2CCC(C(=O)O)[C@@H]12. The molecule has 0 aromatic rings. The Kier molecular flexibility index (Phi) is 1.06. The molecule has 0 aromatic heterocycles. The zero-order valence-corrected chi connectivity index (χ0v) is 5.66. The van der Waals surface area contributed by atoms with Crippen LogP contribution in [-0.4, -0.2) is 17.1 Å². The molecule has 2 rings (SSSR count). The second-order valence-corrected chi connectivity index (χ2v) is 3.34. The summed E-state index contributed by atoms with van der Waals surface area (Å²) in [5.74, 6) is 0.0825. The van der Waals surface area contributed by atoms with Gasteiger partial charge in [-0.1, -0.05) is 0 Å². The standard InChI is InChI=1S/C7H11NO2/c8-6-3-1-2-4(5(3)6)7(9)10/h3-6H,1-2,8H2,(H,9,10)/t3-,4?,5-,6+/m0/s1. The predicted molar refractivity (Wildman–Crippen MR) is 35.3 cm³/mol. The number of hydrogen-bond acceptors (Lipinski definition) is 2. The number of nitrogens with two attached hydrogens (primary N) is 1. The molecule has 3 N–H and O–H groups in total. The van der Waals surface area contributed by atoms with Crippen LogP contribution >= 0.6 is 0 Å². The van der Waals surface area contributed by atoms with E-state index in [4.69, 9.17) is 10.8 Å². The Morgan fingerprint density at radius 2 is 2.20 bits per heavy atom. The maximum Gasteiger partial charge on any atom is 0.306 e. The van der Waals surface area contributed by atoms with Crippen molar-refractivity contribution in [3.8, 4) is 0 Å². The molecule has 4 atom stereocenters. The first-order valence-electron chi connectivity index (χ1n) is 3.70. The Hall–Kier alpha value is -0.570. The molecule has 3 heteroatoms. The van der Waals surface area contributed by atoms with Gasteiger partial charge in [-0.15, -0.1) is 0 Å². The van der Waals surface area contributed by atoms with Gasteiger partial charge in [0.1, 0.15) is 0 Å². The van der Waals surface area contributed by atoms with E-state index >= 15 is 0 Å². The molecule has 2 saturated carbocycles. The van der Waals surface area contributed by atoms with E-state index in [1.165, 1.54) is 0 Å². The van der Waals surface area contributed by atoms with Crippen molar-refractivity contribution in [2.24, 2.45) is 23.5 Å². The molecule has 0 spiro atoms. The fraction of sp³-hybridized carbons (Fsp3) is 0.857. The lowest BCUT2D eigenvalue weighted by Gasteiger charge is -2.05. The van der Waals surface area contributed by atoms with Crippen LogP contribution in [-0.2, 0) is 4.79 Å². The average molecular weight is 141 g/mol. The van der Waals surface area contributed by atoms with Crippen molar-refractivity contribution in [1.82, 2.24) is 0 Å². The summed E-state index contributed by atoms with van der Waals surface area (Å²) < 4.78 is 0. The van der Waals surface area contributed by atoms with Crippen LogP contribution in [0.5, 0.6) is 0 Å². The average Bonchev–Trinajstić information content (AvgIpc) is 2.42. The van der Waals surface area contributed by atoms with Crippen LogP contribution in [0.15, 0.2) is 0 Å². The molecule has 56 valence electrons. The van der Waals surface area contributed by atoms with E-state index in [1.807, 2.05) is 0 Å². The van der Waals surface area contributed by atoms with Crippen LogP contribution in [0.3, 0.4) is 0 Å². The van der Waals surface area contributed by atoms with Gasteiger partial charge in [0.2, 0.25) is 0 Å². The van der Waals surface area contributed by atoms with Crippen molar-refractivity contribution in [2.75, 3.05) is 0 Å². The van der Waals surface area contributed by atoms with Crippen molar-refractivity contribution >= 4 is 5.97 Å². The van der Waals surface area contributed by atoms with Gasteiger partial charge in [-0.05, 0) is 24.7 Å². The maximum absolute atomic E-state index is 10.5. The number of rotatable bonds is 1. The maximum atomic E-state index is 10.5. The summed E-state index contributed by atoms with van der Waals surface area (Å²) in [6.07, 6.45) is 1.88. The van der Waals surface area contributed by atoms with Crippen LogP contribution in [0.25, 0.3) is 0 Å². The van der Waals surface area contributed by atoms with Crippen LogP contribution in [0, 0.1) is 17.8 Å². The van der Waals surface area contributed by atoms with Crippen molar-refractivity contribution in [1.29, 1.82) is 0 Å². The van der Waals surface area contributed by atoms with Gasteiger partial charge in [0.05, 0.1) is 5.92 Å². The fourth-order valence-corrected chi connectivity index (χ4v) is 2.23. The lowest BCUT2D eigenvalue weighted by Crippen LogP contribution is -2.19. The van der Waals surface area contributed by atoms with E-state index < -0.39 is 5.97 Å². The van der Waals surface area contributed by atoms with Gasteiger partial charge in [-0.3, -0.25) is 4.79 Å². The summed E-state index contributed by atoms with van der Waals surface area (Å²) in [5, 5.41) is 8.67. The first-order valence-corrected chi connectivity index (χ1v) is 3.70. The summed E-state index contributed by atoms with van der Waals surface area (Å²) in [6, 6.07) is 0.204. The minimum Gasteiger partial charge on any atom is -0.481 e. The third kappa shape index (κ3) is 0.611. The third-order valence-electron chi connectivity index (χ3n) is 2.89. The summed E-state index contributed by atoms with van der Waals surface area (Å²) in [5.41, 5.74) is 5.64. The Morgan fingerprint density at radius 1 is 1.50 bits per heavy atom. The topological polar surface area (TPSA) is 63.3 Å². The largest absolute Gasteiger partial charge is 0.481 e. The lowest BCUT2D eigenvalue weighted by atomic mass is 10.0. The first-order chi connectivity index (χ1) is 4.72. The zero-order valence-electron chi connectivity index (χ0n) is 5.66. The minimum absolute atomic E-state index is 0.125. The molecule has 1 unspecified atom stereocenters. The molecule has 2 fully saturated rings. The normalized spacial score (nSPS) is 50.5. The monoisotopic (exact) mass is 141 g/mol. The predicted octanol–water partition coefficient (Wildman–Crippen LogP) is 0.0543. The number of fused-ring (bicyclic) bond motifs is 1. The lowest BCUT2D eigenvalue weighted by molar-refractivity contribution is -0.142. The quantitative estimate of drug-likeness (QED) is 0.542. The van der Waals surface area contributed by atoms with Gasteiger partial charge in [0.25, 0.3) is 0 Å². The highest BCUT2D eigenvalue weighted by Crippen LogP contribution is 2.54. The molecular weight excluding hydrogens is 130 g/mol. The van der Waals surface area contributed by atoms with Crippen molar-refractivity contribution in [3.05, 3.63) is 0 Å². The van der Waals surface area contributed by atoms with Gasteiger partial charge in [-0.25, -0.2) is 0 Å². The fourth-order valence-electron chi connectivity index (χ4n) is 2.23. The molecule has 0 radical (unpaired) electrons. The van der Waals surface area contributed by atoms with Gasteiger partial charge in [-0.2, -0.15) is 0 Å². The second kappa shape index (κ2) is 1.72. The highest BCUT2D eigenvalue weighted by Gasteiger charge is 2.58. The molecule has 0 heterocycles. The Balaban J connectivity index is 2.07. The van der Waals surface area contributed by atoms with E-state index in [0.29, 0.717) is 11.8 Å². The molecule has 3 nitrogen and oxygen atoms in total. The number of carbonyl (C=O) groups is 1. The Labute approximate surface area is 59.2 Å². The van der Waals surface area contributed by atoms with Crippen molar-refractivity contribution < 1.29 is 9.90 Å². The summed E-state index contributed by atoms with van der Waals surface area (Å²) >= 11 is 0. The van der Waals surface area contributed by atoms with E-state index in [1.54, 1.807) is 0 Å². The number of carboxylic acid groups (broad SMARTS) is 1.